The Labute approximate surface area is 108 Å². The van der Waals surface area contributed by atoms with Crippen molar-refractivity contribution < 1.29 is 9.84 Å². The molecule has 1 aliphatic rings. The van der Waals surface area contributed by atoms with E-state index in [0.717, 1.165) is 37.5 Å². The average Bonchev–Trinajstić information content (AvgIpc) is 2.80. The maximum absolute atomic E-state index is 8.91. The van der Waals surface area contributed by atoms with E-state index in [-0.39, 0.29) is 0 Å². The number of ether oxygens (including phenoxy) is 1. The second-order valence-electron chi connectivity index (χ2n) is 4.89. The number of aliphatic hydroxyl groups is 1. The molecule has 1 heterocycles. The van der Waals surface area contributed by atoms with Gasteiger partial charge in [-0.25, -0.2) is 0 Å². The normalized spacial score (nSPS) is 20.2. The van der Waals surface area contributed by atoms with Gasteiger partial charge in [-0.3, -0.25) is 4.90 Å². The first kappa shape index (κ1) is 13.2. The molecule has 0 bridgehead atoms. The van der Waals surface area contributed by atoms with E-state index in [9.17, 15) is 0 Å². The molecule has 1 atom stereocenters. The lowest BCUT2D eigenvalue weighted by Gasteiger charge is -2.16. The van der Waals surface area contributed by atoms with Crippen molar-refractivity contribution in [2.24, 2.45) is 5.92 Å². The van der Waals surface area contributed by atoms with Gasteiger partial charge in [-0.1, -0.05) is 0 Å². The van der Waals surface area contributed by atoms with Crippen LogP contribution in [0.3, 0.4) is 0 Å². The zero-order chi connectivity index (χ0) is 12.8. The van der Waals surface area contributed by atoms with Gasteiger partial charge in [0.2, 0.25) is 0 Å². The second kappa shape index (κ2) is 6.61. The summed E-state index contributed by atoms with van der Waals surface area (Å²) in [6.07, 6.45) is 2.12. The summed E-state index contributed by atoms with van der Waals surface area (Å²) in [5.74, 6) is 1.53. The molecule has 1 aliphatic heterocycles. The van der Waals surface area contributed by atoms with Crippen LogP contribution in [0.15, 0.2) is 24.3 Å². The van der Waals surface area contributed by atoms with E-state index in [1.165, 1.54) is 6.42 Å². The predicted molar refractivity (Wildman–Crippen MR) is 72.6 cm³/mol. The zero-order valence-electron chi connectivity index (χ0n) is 10.7. The molecular formula is C14H22N2O2. The monoisotopic (exact) mass is 250 g/mol. The molecule has 0 saturated carbocycles. The van der Waals surface area contributed by atoms with Crippen molar-refractivity contribution in [3.05, 3.63) is 24.3 Å². The minimum absolute atomic E-state index is 0.306. The average molecular weight is 250 g/mol. The maximum Gasteiger partial charge on any atom is 0.119 e. The third kappa shape index (κ3) is 3.89. The zero-order valence-corrected chi connectivity index (χ0v) is 10.7. The van der Waals surface area contributed by atoms with Crippen LogP contribution in [0.1, 0.15) is 12.8 Å². The summed E-state index contributed by atoms with van der Waals surface area (Å²) in [5, 5.41) is 8.91. The SMILES string of the molecule is Nc1ccc(OCCN2CCC(CCO)C2)cc1. The topological polar surface area (TPSA) is 58.7 Å². The number of rotatable bonds is 6. The highest BCUT2D eigenvalue weighted by Crippen LogP contribution is 2.19. The van der Waals surface area contributed by atoms with Crippen LogP contribution >= 0.6 is 0 Å². The van der Waals surface area contributed by atoms with E-state index >= 15 is 0 Å². The lowest BCUT2D eigenvalue weighted by molar-refractivity contribution is 0.222. The Kier molecular flexibility index (Phi) is 4.84. The van der Waals surface area contributed by atoms with Crippen LogP contribution in [0.2, 0.25) is 0 Å². The summed E-state index contributed by atoms with van der Waals surface area (Å²) < 4.78 is 5.67. The molecule has 0 aliphatic carbocycles. The first-order chi connectivity index (χ1) is 8.78. The standard InChI is InChI=1S/C14H22N2O2/c15-13-1-3-14(4-2-13)18-10-8-16-7-5-12(11-16)6-9-17/h1-4,12,17H,5-11,15H2. The Morgan fingerprint density at radius 1 is 1.33 bits per heavy atom. The number of likely N-dealkylation sites (tertiary alicyclic amines) is 1. The molecule has 2 rings (SSSR count). The Morgan fingerprint density at radius 2 is 2.11 bits per heavy atom. The van der Waals surface area contributed by atoms with Gasteiger partial charge in [0, 0.05) is 25.4 Å². The number of nitrogens with zero attached hydrogens (tertiary/aromatic N) is 1. The third-order valence-corrected chi connectivity index (χ3v) is 3.46. The van der Waals surface area contributed by atoms with Crippen molar-refractivity contribution in [2.75, 3.05) is 38.6 Å². The molecule has 1 fully saturated rings. The largest absolute Gasteiger partial charge is 0.492 e. The highest BCUT2D eigenvalue weighted by atomic mass is 16.5. The highest BCUT2D eigenvalue weighted by molar-refractivity contribution is 5.41. The fourth-order valence-corrected chi connectivity index (χ4v) is 2.39. The molecule has 3 N–H and O–H groups in total. The Bertz CT molecular complexity index is 353. The van der Waals surface area contributed by atoms with E-state index < -0.39 is 0 Å². The van der Waals surface area contributed by atoms with Crippen LogP contribution in [0.25, 0.3) is 0 Å². The Hall–Kier alpha value is -1.26. The molecule has 1 saturated heterocycles. The fraction of sp³-hybridized carbons (Fsp3) is 0.571. The maximum atomic E-state index is 8.91. The van der Waals surface area contributed by atoms with Crippen LogP contribution in [0.5, 0.6) is 5.75 Å². The first-order valence-corrected chi connectivity index (χ1v) is 6.59. The molecule has 0 aromatic heterocycles. The van der Waals surface area contributed by atoms with Crippen LogP contribution in [-0.4, -0.2) is 42.9 Å². The number of benzene rings is 1. The molecular weight excluding hydrogens is 228 g/mol. The van der Waals surface area contributed by atoms with Gasteiger partial charge < -0.3 is 15.6 Å². The number of nitrogens with two attached hydrogens (primary N) is 1. The van der Waals surface area contributed by atoms with E-state index in [2.05, 4.69) is 4.90 Å². The second-order valence-corrected chi connectivity index (χ2v) is 4.89. The summed E-state index contributed by atoms with van der Waals surface area (Å²) in [4.78, 5) is 2.40. The molecule has 18 heavy (non-hydrogen) atoms. The van der Waals surface area contributed by atoms with E-state index in [4.69, 9.17) is 15.6 Å². The minimum Gasteiger partial charge on any atom is -0.492 e. The van der Waals surface area contributed by atoms with Crippen LogP contribution in [0.4, 0.5) is 5.69 Å². The van der Waals surface area contributed by atoms with Gasteiger partial charge in [0.25, 0.3) is 0 Å². The molecule has 0 spiro atoms. The third-order valence-electron chi connectivity index (χ3n) is 3.46. The fourth-order valence-electron chi connectivity index (χ4n) is 2.39. The molecule has 4 nitrogen and oxygen atoms in total. The minimum atomic E-state index is 0.306. The molecule has 1 unspecified atom stereocenters. The quantitative estimate of drug-likeness (QED) is 0.748. The Balaban J connectivity index is 1.65. The lowest BCUT2D eigenvalue weighted by Crippen LogP contribution is -2.26. The van der Waals surface area contributed by atoms with Gasteiger partial charge >= 0.3 is 0 Å². The van der Waals surface area contributed by atoms with Gasteiger partial charge in [0.1, 0.15) is 12.4 Å². The van der Waals surface area contributed by atoms with Crippen molar-refractivity contribution in [1.82, 2.24) is 4.90 Å². The first-order valence-electron chi connectivity index (χ1n) is 6.59. The van der Waals surface area contributed by atoms with Gasteiger partial charge in [-0.15, -0.1) is 0 Å². The van der Waals surface area contributed by atoms with Crippen molar-refractivity contribution in [2.45, 2.75) is 12.8 Å². The van der Waals surface area contributed by atoms with Crippen molar-refractivity contribution in [3.63, 3.8) is 0 Å². The number of aliphatic hydroxyl groups excluding tert-OH is 1. The highest BCUT2D eigenvalue weighted by Gasteiger charge is 2.21. The lowest BCUT2D eigenvalue weighted by atomic mass is 10.1. The predicted octanol–water partition coefficient (Wildman–Crippen LogP) is 1.35. The number of nitrogen functional groups attached to an aromatic ring is 1. The molecule has 100 valence electrons. The molecule has 1 aromatic carbocycles. The van der Waals surface area contributed by atoms with Crippen LogP contribution < -0.4 is 10.5 Å². The van der Waals surface area contributed by atoms with Crippen LogP contribution in [-0.2, 0) is 0 Å². The van der Waals surface area contributed by atoms with E-state index in [1.807, 2.05) is 24.3 Å². The van der Waals surface area contributed by atoms with Gasteiger partial charge in [0.05, 0.1) is 0 Å². The number of anilines is 1. The van der Waals surface area contributed by atoms with Gasteiger partial charge in [0.15, 0.2) is 0 Å². The van der Waals surface area contributed by atoms with Gasteiger partial charge in [-0.05, 0) is 49.6 Å². The molecule has 0 amide bonds. The van der Waals surface area contributed by atoms with Crippen LogP contribution in [0, 0.1) is 5.92 Å². The number of hydrogen-bond donors (Lipinski definition) is 2. The Morgan fingerprint density at radius 3 is 2.83 bits per heavy atom. The summed E-state index contributed by atoms with van der Waals surface area (Å²) in [6, 6.07) is 7.49. The smallest absolute Gasteiger partial charge is 0.119 e. The van der Waals surface area contributed by atoms with E-state index in [1.54, 1.807) is 0 Å². The summed E-state index contributed by atoms with van der Waals surface area (Å²) in [6.45, 7) is 4.17. The van der Waals surface area contributed by atoms with Crippen molar-refractivity contribution in [1.29, 1.82) is 0 Å². The van der Waals surface area contributed by atoms with Crippen molar-refractivity contribution in [3.8, 4) is 5.75 Å². The molecule has 1 aromatic rings. The summed E-state index contributed by atoms with van der Waals surface area (Å²) in [7, 11) is 0. The summed E-state index contributed by atoms with van der Waals surface area (Å²) >= 11 is 0. The molecule has 0 radical (unpaired) electrons. The van der Waals surface area contributed by atoms with Crippen molar-refractivity contribution >= 4 is 5.69 Å². The van der Waals surface area contributed by atoms with E-state index in [0.29, 0.717) is 19.1 Å². The summed E-state index contributed by atoms with van der Waals surface area (Å²) in [5.41, 5.74) is 6.37. The van der Waals surface area contributed by atoms with Gasteiger partial charge in [-0.2, -0.15) is 0 Å². The number of hydrogen-bond acceptors (Lipinski definition) is 4. The molecule has 4 heteroatoms.